The summed E-state index contributed by atoms with van der Waals surface area (Å²) in [5.41, 5.74) is -0.519. The highest BCUT2D eigenvalue weighted by atomic mass is 16.6. The van der Waals surface area contributed by atoms with Crippen LogP contribution in [0.2, 0.25) is 0 Å². The summed E-state index contributed by atoms with van der Waals surface area (Å²) in [6, 6.07) is -0.0600. The molecular weight excluding hydrogens is 248 g/mol. The molecule has 1 fully saturated rings. The molecule has 19 heavy (non-hydrogen) atoms. The number of nitrogens with one attached hydrogen (secondary N) is 2. The van der Waals surface area contributed by atoms with Crippen molar-refractivity contribution in [1.82, 2.24) is 10.6 Å². The molecule has 1 aliphatic heterocycles. The van der Waals surface area contributed by atoms with Crippen LogP contribution in [0.5, 0.6) is 0 Å². The Bertz CT molecular complexity index is 325. The molecule has 0 aliphatic carbocycles. The van der Waals surface area contributed by atoms with E-state index in [1.165, 1.54) is 7.11 Å². The minimum atomic E-state index is -0.519. The van der Waals surface area contributed by atoms with Crippen LogP contribution >= 0.6 is 0 Å². The normalized spacial score (nSPS) is 23.6. The zero-order valence-electron chi connectivity index (χ0n) is 12.1. The molecular formula is C13H24N2O4. The summed E-state index contributed by atoms with van der Waals surface area (Å²) in [6.45, 7) is 6.97. The van der Waals surface area contributed by atoms with Gasteiger partial charge in [-0.1, -0.05) is 0 Å². The minimum absolute atomic E-state index is 0.0359. The molecule has 0 spiro atoms. The molecule has 0 aromatic heterocycles. The summed E-state index contributed by atoms with van der Waals surface area (Å²) in [5.74, 6) is -0.224. The summed E-state index contributed by atoms with van der Waals surface area (Å²) in [7, 11) is 1.37. The van der Waals surface area contributed by atoms with E-state index >= 15 is 0 Å². The van der Waals surface area contributed by atoms with E-state index in [-0.39, 0.29) is 17.9 Å². The maximum atomic E-state index is 11.8. The maximum Gasteiger partial charge on any atom is 0.407 e. The summed E-state index contributed by atoms with van der Waals surface area (Å²) in [5, 5.41) is 6.06. The Morgan fingerprint density at radius 1 is 1.37 bits per heavy atom. The number of hydrogen-bond donors (Lipinski definition) is 2. The van der Waals surface area contributed by atoms with Crippen LogP contribution in [0.1, 0.15) is 33.6 Å². The molecule has 1 heterocycles. The highest BCUT2D eigenvalue weighted by Gasteiger charge is 2.30. The van der Waals surface area contributed by atoms with Gasteiger partial charge in [0, 0.05) is 18.5 Å². The van der Waals surface area contributed by atoms with Gasteiger partial charge in [-0.25, -0.2) is 4.79 Å². The molecule has 0 aromatic carbocycles. The van der Waals surface area contributed by atoms with Gasteiger partial charge in [0.1, 0.15) is 5.60 Å². The number of alkyl carbamates (subject to hydrolysis) is 1. The molecule has 6 heteroatoms. The number of hydrogen-bond acceptors (Lipinski definition) is 5. The van der Waals surface area contributed by atoms with E-state index in [0.717, 1.165) is 13.0 Å². The van der Waals surface area contributed by atoms with Gasteiger partial charge in [-0.3, -0.25) is 4.79 Å². The standard InChI is InChI=1S/C13H24N2O4/c1-13(2,3)19-12(17)15-10-5-6-14-8-9(10)7-11(16)18-4/h9-10,14H,5-8H2,1-4H3,(H,15,17)/t9-,10-/m1/s1. The van der Waals surface area contributed by atoms with E-state index in [0.29, 0.717) is 13.0 Å². The number of piperidine rings is 1. The second-order valence-corrected chi connectivity index (χ2v) is 5.79. The second-order valence-electron chi connectivity index (χ2n) is 5.79. The van der Waals surface area contributed by atoms with Gasteiger partial charge in [0.25, 0.3) is 0 Å². The topological polar surface area (TPSA) is 76.7 Å². The summed E-state index contributed by atoms with van der Waals surface area (Å²) in [6.07, 6.45) is 0.638. The SMILES string of the molecule is COC(=O)C[C@@H]1CNCC[C@H]1NC(=O)OC(C)(C)C. The van der Waals surface area contributed by atoms with E-state index in [2.05, 4.69) is 15.4 Å². The van der Waals surface area contributed by atoms with Crippen molar-refractivity contribution in [2.75, 3.05) is 20.2 Å². The van der Waals surface area contributed by atoms with E-state index < -0.39 is 11.7 Å². The summed E-state index contributed by atoms with van der Waals surface area (Å²) in [4.78, 5) is 23.1. The first-order chi connectivity index (χ1) is 8.81. The number of ether oxygens (including phenoxy) is 2. The molecule has 0 radical (unpaired) electrons. The van der Waals surface area contributed by atoms with Crippen molar-refractivity contribution in [3.63, 3.8) is 0 Å². The number of carbonyl (C=O) groups excluding carboxylic acids is 2. The van der Waals surface area contributed by atoms with Crippen LogP contribution in [0, 0.1) is 5.92 Å². The Morgan fingerprint density at radius 2 is 2.05 bits per heavy atom. The van der Waals surface area contributed by atoms with Crippen molar-refractivity contribution >= 4 is 12.1 Å². The maximum absolute atomic E-state index is 11.8. The van der Waals surface area contributed by atoms with Gasteiger partial charge in [-0.05, 0) is 33.7 Å². The Hall–Kier alpha value is -1.30. The average Bonchev–Trinajstić information content (AvgIpc) is 2.29. The summed E-state index contributed by atoms with van der Waals surface area (Å²) < 4.78 is 9.91. The van der Waals surface area contributed by atoms with Crippen molar-refractivity contribution in [2.45, 2.75) is 45.3 Å². The lowest BCUT2D eigenvalue weighted by Gasteiger charge is -2.32. The molecule has 0 saturated carbocycles. The third-order valence-electron chi connectivity index (χ3n) is 2.97. The Kier molecular flexibility index (Phi) is 5.60. The van der Waals surface area contributed by atoms with Crippen molar-refractivity contribution in [3.05, 3.63) is 0 Å². The Balaban J connectivity index is 2.52. The van der Waals surface area contributed by atoms with Crippen molar-refractivity contribution in [2.24, 2.45) is 5.92 Å². The van der Waals surface area contributed by atoms with Crippen molar-refractivity contribution in [1.29, 1.82) is 0 Å². The first-order valence-corrected chi connectivity index (χ1v) is 6.59. The smallest absolute Gasteiger partial charge is 0.407 e. The lowest BCUT2D eigenvalue weighted by Crippen LogP contribution is -2.51. The van der Waals surface area contributed by atoms with Crippen molar-refractivity contribution < 1.29 is 19.1 Å². The minimum Gasteiger partial charge on any atom is -0.469 e. The number of carbonyl (C=O) groups is 2. The molecule has 2 N–H and O–H groups in total. The highest BCUT2D eigenvalue weighted by Crippen LogP contribution is 2.17. The van der Waals surface area contributed by atoms with Gasteiger partial charge in [-0.15, -0.1) is 0 Å². The van der Waals surface area contributed by atoms with E-state index in [4.69, 9.17) is 4.74 Å². The van der Waals surface area contributed by atoms with Crippen LogP contribution in [0.3, 0.4) is 0 Å². The Labute approximate surface area is 114 Å². The van der Waals surface area contributed by atoms with Gasteiger partial charge < -0.3 is 20.1 Å². The molecule has 0 bridgehead atoms. The van der Waals surface area contributed by atoms with Gasteiger partial charge in [0.15, 0.2) is 0 Å². The van der Waals surface area contributed by atoms with Crippen LogP contribution in [-0.2, 0) is 14.3 Å². The fourth-order valence-corrected chi connectivity index (χ4v) is 2.08. The molecule has 2 atom stereocenters. The molecule has 1 rings (SSSR count). The van der Waals surface area contributed by atoms with Crippen molar-refractivity contribution in [3.8, 4) is 0 Å². The zero-order chi connectivity index (χ0) is 14.5. The van der Waals surface area contributed by atoms with Crippen LogP contribution in [0.25, 0.3) is 0 Å². The van der Waals surface area contributed by atoms with E-state index in [1.807, 2.05) is 20.8 Å². The molecule has 1 aliphatic rings. The van der Waals surface area contributed by atoms with Crippen LogP contribution < -0.4 is 10.6 Å². The zero-order valence-corrected chi connectivity index (χ0v) is 12.1. The first-order valence-electron chi connectivity index (χ1n) is 6.59. The number of rotatable bonds is 3. The molecule has 110 valence electrons. The molecule has 0 aromatic rings. The number of amides is 1. The summed E-state index contributed by atoms with van der Waals surface area (Å²) >= 11 is 0. The fraction of sp³-hybridized carbons (Fsp3) is 0.846. The molecule has 1 amide bonds. The molecule has 1 saturated heterocycles. The number of methoxy groups -OCH3 is 1. The molecule has 6 nitrogen and oxygen atoms in total. The fourth-order valence-electron chi connectivity index (χ4n) is 2.08. The largest absolute Gasteiger partial charge is 0.469 e. The lowest BCUT2D eigenvalue weighted by atomic mass is 9.90. The van der Waals surface area contributed by atoms with E-state index in [9.17, 15) is 9.59 Å². The van der Waals surface area contributed by atoms with Gasteiger partial charge >= 0.3 is 12.1 Å². The van der Waals surface area contributed by atoms with Crippen LogP contribution in [0.15, 0.2) is 0 Å². The third kappa shape index (κ3) is 5.92. The molecule has 0 unspecified atom stereocenters. The Morgan fingerprint density at radius 3 is 2.63 bits per heavy atom. The monoisotopic (exact) mass is 272 g/mol. The van der Waals surface area contributed by atoms with Gasteiger partial charge in [0.05, 0.1) is 13.5 Å². The highest BCUT2D eigenvalue weighted by molar-refractivity contribution is 5.70. The van der Waals surface area contributed by atoms with Gasteiger partial charge in [-0.2, -0.15) is 0 Å². The quantitative estimate of drug-likeness (QED) is 0.751. The first kappa shape index (κ1) is 15.8. The van der Waals surface area contributed by atoms with E-state index in [1.54, 1.807) is 0 Å². The van der Waals surface area contributed by atoms with Crippen LogP contribution in [0.4, 0.5) is 4.79 Å². The predicted molar refractivity (Wildman–Crippen MR) is 70.8 cm³/mol. The van der Waals surface area contributed by atoms with Gasteiger partial charge in [0.2, 0.25) is 0 Å². The second kappa shape index (κ2) is 6.75. The third-order valence-corrected chi connectivity index (χ3v) is 2.97. The average molecular weight is 272 g/mol. The predicted octanol–water partition coefficient (Wildman–Crippen LogP) is 1.05. The van der Waals surface area contributed by atoms with Crippen LogP contribution in [-0.4, -0.2) is 43.9 Å². The lowest BCUT2D eigenvalue weighted by molar-refractivity contribution is -0.142. The number of esters is 1.